The molecule has 0 N–H and O–H groups in total. The summed E-state index contributed by atoms with van der Waals surface area (Å²) in [6.07, 6.45) is 0. The number of nitrogens with zero attached hydrogens (tertiary/aromatic N) is 1. The summed E-state index contributed by atoms with van der Waals surface area (Å²) in [5, 5.41) is 0.379. The van der Waals surface area contributed by atoms with E-state index in [9.17, 15) is 9.59 Å². The van der Waals surface area contributed by atoms with Crippen LogP contribution >= 0.6 is 11.6 Å². The average molecular weight is 354 g/mol. The molecule has 0 aliphatic heterocycles. The summed E-state index contributed by atoms with van der Waals surface area (Å²) in [5.41, 5.74) is 0.495. The van der Waals surface area contributed by atoms with Crippen molar-refractivity contribution in [1.29, 1.82) is 0 Å². The molecule has 1 heterocycles. The normalized spacial score (nSPS) is 10.1. The second-order valence-electron chi connectivity index (χ2n) is 4.75. The molecule has 118 valence electrons. The topological polar surface area (TPSA) is 48.3 Å². The van der Waals surface area contributed by atoms with Gasteiger partial charge in [-0.15, -0.1) is 4.73 Å². The van der Waals surface area contributed by atoms with E-state index in [1.807, 2.05) is 30.3 Å². The molecule has 0 radical (unpaired) electrons. The zero-order valence-corrected chi connectivity index (χ0v) is 13.3. The van der Waals surface area contributed by atoms with E-state index in [0.717, 1.165) is 10.3 Å². The number of carbonyl (C=O) groups is 1. The number of aromatic nitrogens is 1. The SMILES string of the molecule is O=C(Cl)c1cc2ccccc2c(=O)n1OCc1ccccc1.[Ar]. The number of carbonyl (C=O) groups excluding carboxylic acids is 1. The molecule has 0 fully saturated rings. The first-order valence-electron chi connectivity index (χ1n) is 6.68. The molecule has 6 heteroatoms. The number of pyridine rings is 1. The van der Waals surface area contributed by atoms with Crippen LogP contribution in [0.15, 0.2) is 65.5 Å². The van der Waals surface area contributed by atoms with E-state index in [0.29, 0.717) is 10.8 Å². The third-order valence-corrected chi connectivity index (χ3v) is 3.48. The first-order valence-corrected chi connectivity index (χ1v) is 7.06. The quantitative estimate of drug-likeness (QED) is 0.677. The molecule has 0 aliphatic rings. The molecule has 3 aromatic rings. The Morgan fingerprint density at radius 2 is 1.70 bits per heavy atom. The van der Waals surface area contributed by atoms with Crippen LogP contribution in [0.3, 0.4) is 0 Å². The van der Waals surface area contributed by atoms with E-state index in [-0.39, 0.29) is 50.0 Å². The third-order valence-electron chi connectivity index (χ3n) is 3.29. The van der Waals surface area contributed by atoms with Crippen LogP contribution in [0.25, 0.3) is 10.8 Å². The number of fused-ring (bicyclic) bond motifs is 1. The molecule has 2 aromatic carbocycles. The maximum atomic E-state index is 12.5. The molecular weight excluding hydrogens is 342 g/mol. The molecule has 0 saturated carbocycles. The van der Waals surface area contributed by atoms with Crippen molar-refractivity contribution in [2.24, 2.45) is 0 Å². The van der Waals surface area contributed by atoms with Gasteiger partial charge in [0.25, 0.3) is 10.8 Å². The van der Waals surface area contributed by atoms with Gasteiger partial charge < -0.3 is 4.84 Å². The zero-order chi connectivity index (χ0) is 15.5. The molecule has 1 aromatic heterocycles. The second-order valence-corrected chi connectivity index (χ2v) is 5.09. The van der Waals surface area contributed by atoms with Crippen LogP contribution in [0.2, 0.25) is 0 Å². The van der Waals surface area contributed by atoms with Crippen LogP contribution in [0, 0.1) is 37.7 Å². The predicted octanol–water partition coefficient (Wildman–Crippen LogP) is 3.01. The molecule has 0 unspecified atom stereocenters. The van der Waals surface area contributed by atoms with E-state index in [2.05, 4.69) is 0 Å². The second kappa shape index (κ2) is 7.97. The minimum Gasteiger partial charge on any atom is -0.405 e. The summed E-state index contributed by atoms with van der Waals surface area (Å²) in [4.78, 5) is 29.6. The summed E-state index contributed by atoms with van der Waals surface area (Å²) < 4.78 is 0.963. The van der Waals surface area contributed by atoms with Gasteiger partial charge in [-0.3, -0.25) is 9.59 Å². The Morgan fingerprint density at radius 3 is 2.39 bits per heavy atom. The van der Waals surface area contributed by atoms with Gasteiger partial charge in [-0.2, -0.15) is 0 Å². The summed E-state index contributed by atoms with van der Waals surface area (Å²) in [6.45, 7) is 0.163. The van der Waals surface area contributed by atoms with Gasteiger partial charge in [0.05, 0.1) is 5.39 Å². The smallest absolute Gasteiger partial charge is 0.291 e. The van der Waals surface area contributed by atoms with E-state index < -0.39 is 10.8 Å². The van der Waals surface area contributed by atoms with Gasteiger partial charge in [-0.05, 0) is 34.7 Å². The number of halogens is 1. The predicted molar refractivity (Wildman–Crippen MR) is 85.1 cm³/mol. The molecule has 0 spiro atoms. The van der Waals surface area contributed by atoms with Crippen molar-refractivity contribution < 1.29 is 47.4 Å². The standard InChI is InChI=1S/C17H12ClNO3.Ar/c18-16(20)15-10-13-8-4-5-9-14(13)17(21)19(15)22-11-12-6-2-1-3-7-12;/h1-10H,11H2;. The fourth-order valence-electron chi connectivity index (χ4n) is 2.22. The molecular formula is C17H12ArClNO3. The molecule has 0 saturated heterocycles. The Balaban J connectivity index is 0.00000192. The van der Waals surface area contributed by atoms with Gasteiger partial charge in [-0.1, -0.05) is 48.5 Å². The molecule has 0 aliphatic carbocycles. The Kier molecular flexibility index (Phi) is 6.25. The number of hydrogen-bond donors (Lipinski definition) is 0. The maximum absolute atomic E-state index is 12.5. The van der Waals surface area contributed by atoms with Gasteiger partial charge in [0.15, 0.2) is 0 Å². The molecule has 4 nitrogen and oxygen atoms in total. The van der Waals surface area contributed by atoms with E-state index in [1.54, 1.807) is 30.3 Å². The molecule has 23 heavy (non-hydrogen) atoms. The van der Waals surface area contributed by atoms with Crippen LogP contribution in [-0.4, -0.2) is 9.97 Å². The van der Waals surface area contributed by atoms with Crippen LogP contribution in [-0.2, 0) is 6.61 Å². The molecule has 3 rings (SSSR count). The van der Waals surface area contributed by atoms with Gasteiger partial charge in [0.1, 0.15) is 12.3 Å². The van der Waals surface area contributed by atoms with Gasteiger partial charge in [0, 0.05) is 37.7 Å². The fourth-order valence-corrected chi connectivity index (χ4v) is 2.35. The summed E-state index contributed by atoms with van der Waals surface area (Å²) >= 11 is 5.58. The summed E-state index contributed by atoms with van der Waals surface area (Å²) in [7, 11) is 0. The van der Waals surface area contributed by atoms with E-state index in [1.165, 1.54) is 0 Å². The maximum Gasteiger partial charge on any atom is 0.291 e. The molecule has 0 atom stereocenters. The van der Waals surface area contributed by atoms with Gasteiger partial charge in [-0.25, -0.2) is 0 Å². The van der Waals surface area contributed by atoms with Crippen molar-refractivity contribution in [3.63, 3.8) is 0 Å². The number of hydrogen-bond acceptors (Lipinski definition) is 3. The minimum absolute atomic E-state index is 0. The first-order chi connectivity index (χ1) is 10.7. The number of rotatable bonds is 4. The van der Waals surface area contributed by atoms with Crippen molar-refractivity contribution in [2.45, 2.75) is 6.61 Å². The van der Waals surface area contributed by atoms with Crippen molar-refractivity contribution in [3.8, 4) is 0 Å². The van der Waals surface area contributed by atoms with Gasteiger partial charge >= 0.3 is 0 Å². The number of benzene rings is 2. The minimum atomic E-state index is -0.740. The van der Waals surface area contributed by atoms with Crippen LogP contribution in [0.5, 0.6) is 0 Å². The van der Waals surface area contributed by atoms with Crippen molar-refractivity contribution in [3.05, 3.63) is 82.3 Å². The zero-order valence-electron chi connectivity index (χ0n) is 11.9. The first kappa shape index (κ1) is 18.0. The van der Waals surface area contributed by atoms with Crippen molar-refractivity contribution >= 4 is 27.6 Å². The van der Waals surface area contributed by atoms with E-state index in [4.69, 9.17) is 16.4 Å². The monoisotopic (exact) mass is 353 g/mol. The van der Waals surface area contributed by atoms with Gasteiger partial charge in [0.2, 0.25) is 0 Å². The van der Waals surface area contributed by atoms with Crippen molar-refractivity contribution in [1.82, 2.24) is 4.73 Å². The van der Waals surface area contributed by atoms with Crippen LogP contribution in [0.1, 0.15) is 16.1 Å². The summed E-state index contributed by atoms with van der Waals surface area (Å²) in [5.74, 6) is 0. The Morgan fingerprint density at radius 1 is 1.04 bits per heavy atom. The fraction of sp³-hybridized carbons (Fsp3) is 0.0588. The third kappa shape index (κ3) is 3.96. The Hall–Kier alpha value is -1.33. The van der Waals surface area contributed by atoms with Crippen molar-refractivity contribution in [2.75, 3.05) is 0 Å². The molecule has 0 amide bonds. The van der Waals surface area contributed by atoms with E-state index >= 15 is 0 Å². The van der Waals surface area contributed by atoms with Crippen LogP contribution in [0.4, 0.5) is 0 Å². The van der Waals surface area contributed by atoms with Crippen LogP contribution < -0.4 is 10.4 Å². The Bertz CT molecular complexity index is 893. The average Bonchev–Trinajstić information content (AvgIpc) is 2.54. The Labute approximate surface area is 167 Å². The largest absolute Gasteiger partial charge is 0.405 e. The summed E-state index contributed by atoms with van der Waals surface area (Å²) in [6, 6.07) is 17.9. The molecule has 0 bridgehead atoms.